The number of benzene rings is 2. The number of fused-ring (bicyclic) bond motifs is 1. The molecule has 0 fully saturated rings. The number of rotatable bonds is 5. The average molecular weight is 363 g/mol. The Kier molecular flexibility index (Phi) is 5.30. The first-order chi connectivity index (χ1) is 13.0. The first-order valence-electron chi connectivity index (χ1n) is 8.62. The second kappa shape index (κ2) is 7.82. The van der Waals surface area contributed by atoms with Gasteiger partial charge in [0.15, 0.2) is 5.69 Å². The molecule has 0 saturated heterocycles. The van der Waals surface area contributed by atoms with E-state index in [9.17, 15) is 9.59 Å². The molecule has 7 nitrogen and oxygen atoms in total. The van der Waals surface area contributed by atoms with Crippen LogP contribution in [0.4, 0.5) is 5.69 Å². The topological polar surface area (TPSA) is 79.6 Å². The van der Waals surface area contributed by atoms with Crippen LogP contribution in [0.3, 0.4) is 0 Å². The highest BCUT2D eigenvalue weighted by Crippen LogP contribution is 2.13. The Balaban J connectivity index is 1.84. The molecule has 0 aliphatic carbocycles. The van der Waals surface area contributed by atoms with Crippen molar-refractivity contribution in [2.75, 3.05) is 19.0 Å². The quantitative estimate of drug-likeness (QED) is 0.557. The van der Waals surface area contributed by atoms with Gasteiger partial charge in [-0.25, -0.2) is 10.1 Å². The molecule has 0 aliphatic rings. The normalized spacial score (nSPS) is 11.1. The Hall–Kier alpha value is -3.48. The lowest BCUT2D eigenvalue weighted by Gasteiger charge is -2.11. The largest absolute Gasteiger partial charge is 0.378 e. The van der Waals surface area contributed by atoms with Gasteiger partial charge in [0.05, 0.1) is 11.6 Å². The van der Waals surface area contributed by atoms with Gasteiger partial charge in [0.25, 0.3) is 11.5 Å². The molecule has 3 rings (SSSR count). The van der Waals surface area contributed by atoms with E-state index >= 15 is 0 Å². The highest BCUT2D eigenvalue weighted by molar-refractivity contribution is 6.04. The van der Waals surface area contributed by atoms with E-state index < -0.39 is 5.91 Å². The van der Waals surface area contributed by atoms with Crippen LogP contribution in [-0.4, -0.2) is 36.0 Å². The van der Waals surface area contributed by atoms with E-state index in [0.717, 1.165) is 11.3 Å². The molecule has 1 aromatic heterocycles. The molecule has 138 valence electrons. The van der Waals surface area contributed by atoms with Gasteiger partial charge >= 0.3 is 0 Å². The van der Waals surface area contributed by atoms with Gasteiger partial charge < -0.3 is 4.90 Å². The lowest BCUT2D eigenvalue weighted by atomic mass is 10.1. The zero-order valence-corrected chi connectivity index (χ0v) is 15.5. The van der Waals surface area contributed by atoms with Gasteiger partial charge in [0.2, 0.25) is 0 Å². The summed E-state index contributed by atoms with van der Waals surface area (Å²) in [5.74, 6) is -0.463. The minimum atomic E-state index is -0.463. The molecule has 7 heteroatoms. The number of anilines is 1. The number of nitrogens with one attached hydrogen (secondary N) is 1. The molecule has 3 aromatic rings. The molecule has 0 atom stereocenters. The van der Waals surface area contributed by atoms with Crippen LogP contribution in [0.1, 0.15) is 23.0 Å². The molecule has 0 saturated carbocycles. The van der Waals surface area contributed by atoms with Crippen molar-refractivity contribution in [1.82, 2.24) is 15.2 Å². The summed E-state index contributed by atoms with van der Waals surface area (Å²) in [6.45, 7) is 2.19. The van der Waals surface area contributed by atoms with Gasteiger partial charge in [-0.2, -0.15) is 10.2 Å². The number of hydrogen-bond donors (Lipinski definition) is 1. The number of aryl methyl sites for hydroxylation is 1. The summed E-state index contributed by atoms with van der Waals surface area (Å²) in [5, 5.41) is 9.17. The third-order valence-corrected chi connectivity index (χ3v) is 4.17. The summed E-state index contributed by atoms with van der Waals surface area (Å²) in [5.41, 5.74) is 4.39. The molecule has 27 heavy (non-hydrogen) atoms. The molecule has 0 spiro atoms. The van der Waals surface area contributed by atoms with Crippen molar-refractivity contribution in [3.05, 3.63) is 70.1 Å². The minimum Gasteiger partial charge on any atom is -0.378 e. The molecule has 0 bridgehead atoms. The maximum Gasteiger partial charge on any atom is 0.292 e. The zero-order chi connectivity index (χ0) is 19.4. The first kappa shape index (κ1) is 18.3. The number of hydrogen-bond acceptors (Lipinski definition) is 5. The fourth-order valence-corrected chi connectivity index (χ4v) is 2.69. The smallest absolute Gasteiger partial charge is 0.292 e. The van der Waals surface area contributed by atoms with E-state index in [4.69, 9.17) is 0 Å². The second-order valence-corrected chi connectivity index (χ2v) is 6.20. The number of hydrazone groups is 1. The van der Waals surface area contributed by atoms with E-state index in [-0.39, 0.29) is 11.3 Å². The lowest BCUT2D eigenvalue weighted by molar-refractivity contribution is 0.0949. The highest BCUT2D eigenvalue weighted by Gasteiger charge is 2.15. The van der Waals surface area contributed by atoms with Crippen molar-refractivity contribution in [1.29, 1.82) is 0 Å². The Labute approximate surface area is 156 Å². The molecule has 2 aromatic carbocycles. The van der Waals surface area contributed by atoms with Gasteiger partial charge in [0.1, 0.15) is 0 Å². The Morgan fingerprint density at radius 3 is 2.44 bits per heavy atom. The number of amides is 1. The summed E-state index contributed by atoms with van der Waals surface area (Å²) in [4.78, 5) is 26.9. The highest BCUT2D eigenvalue weighted by atomic mass is 16.2. The molecule has 0 radical (unpaired) electrons. The summed E-state index contributed by atoms with van der Waals surface area (Å²) < 4.78 is 1.28. The Bertz CT molecular complexity index is 1050. The Morgan fingerprint density at radius 2 is 1.81 bits per heavy atom. The zero-order valence-electron chi connectivity index (χ0n) is 15.5. The van der Waals surface area contributed by atoms with Gasteiger partial charge in [-0.05, 0) is 30.7 Å². The molecule has 1 heterocycles. The molecular formula is C20H21N5O2. The van der Waals surface area contributed by atoms with Gasteiger partial charge in [0, 0.05) is 31.7 Å². The van der Waals surface area contributed by atoms with Crippen LogP contribution in [0.25, 0.3) is 10.8 Å². The van der Waals surface area contributed by atoms with Crippen molar-refractivity contribution in [3.8, 4) is 0 Å². The van der Waals surface area contributed by atoms with E-state index in [1.54, 1.807) is 37.4 Å². The van der Waals surface area contributed by atoms with E-state index in [0.29, 0.717) is 17.3 Å². The minimum absolute atomic E-state index is 0.173. The van der Waals surface area contributed by atoms with Crippen LogP contribution in [0.5, 0.6) is 0 Å². The number of nitrogens with zero attached hydrogens (tertiary/aromatic N) is 4. The van der Waals surface area contributed by atoms with Crippen molar-refractivity contribution in [2.45, 2.75) is 13.5 Å². The molecule has 1 amide bonds. The van der Waals surface area contributed by atoms with Crippen molar-refractivity contribution < 1.29 is 4.79 Å². The van der Waals surface area contributed by atoms with Gasteiger partial charge in [-0.15, -0.1) is 0 Å². The summed E-state index contributed by atoms with van der Waals surface area (Å²) >= 11 is 0. The van der Waals surface area contributed by atoms with Crippen LogP contribution < -0.4 is 15.9 Å². The van der Waals surface area contributed by atoms with Crippen molar-refractivity contribution in [2.24, 2.45) is 5.10 Å². The van der Waals surface area contributed by atoms with E-state index in [1.165, 1.54) is 4.68 Å². The third kappa shape index (κ3) is 3.87. The summed E-state index contributed by atoms with van der Waals surface area (Å²) in [6.07, 6.45) is 1.56. The van der Waals surface area contributed by atoms with E-state index in [1.807, 2.05) is 43.3 Å². The third-order valence-electron chi connectivity index (χ3n) is 4.17. The van der Waals surface area contributed by atoms with Gasteiger partial charge in [-0.3, -0.25) is 9.59 Å². The molecule has 1 N–H and O–H groups in total. The van der Waals surface area contributed by atoms with Gasteiger partial charge in [-0.1, -0.05) is 30.3 Å². The first-order valence-corrected chi connectivity index (χ1v) is 8.62. The predicted molar refractivity (Wildman–Crippen MR) is 108 cm³/mol. The van der Waals surface area contributed by atoms with Crippen molar-refractivity contribution in [3.63, 3.8) is 0 Å². The molecule has 0 aliphatic heterocycles. The summed E-state index contributed by atoms with van der Waals surface area (Å²) in [6, 6.07) is 14.7. The SMILES string of the molecule is CCn1nc(C(=O)N/N=C\c2ccc(N(C)C)cc2)c2ccccc2c1=O. The van der Waals surface area contributed by atoms with Crippen LogP contribution >= 0.6 is 0 Å². The van der Waals surface area contributed by atoms with Crippen molar-refractivity contribution >= 4 is 28.6 Å². The predicted octanol–water partition coefficient (Wildman–Crippen LogP) is 2.25. The molecule has 0 unspecified atom stereocenters. The average Bonchev–Trinajstić information content (AvgIpc) is 2.69. The number of aromatic nitrogens is 2. The molecular weight excluding hydrogens is 342 g/mol. The fourth-order valence-electron chi connectivity index (χ4n) is 2.69. The maximum atomic E-state index is 12.6. The van der Waals surface area contributed by atoms with Crippen LogP contribution in [0, 0.1) is 0 Å². The maximum absolute atomic E-state index is 12.6. The Morgan fingerprint density at radius 1 is 1.15 bits per heavy atom. The van der Waals surface area contributed by atoms with Crippen LogP contribution in [0.2, 0.25) is 0 Å². The number of carbonyl (C=O) groups is 1. The second-order valence-electron chi connectivity index (χ2n) is 6.20. The number of carbonyl (C=O) groups excluding carboxylic acids is 1. The fraction of sp³-hybridized carbons (Fsp3) is 0.200. The monoisotopic (exact) mass is 363 g/mol. The van der Waals surface area contributed by atoms with Crippen LogP contribution in [-0.2, 0) is 6.54 Å². The van der Waals surface area contributed by atoms with Crippen LogP contribution in [0.15, 0.2) is 58.4 Å². The van der Waals surface area contributed by atoms with E-state index in [2.05, 4.69) is 15.6 Å². The summed E-state index contributed by atoms with van der Waals surface area (Å²) in [7, 11) is 3.94. The lowest BCUT2D eigenvalue weighted by Crippen LogP contribution is -2.28. The standard InChI is InChI=1S/C20H21N5O2/c1-4-25-20(27)17-8-6-5-7-16(17)18(23-25)19(26)22-21-13-14-9-11-15(12-10-14)24(2)3/h5-13H,4H2,1-3H3,(H,22,26)/b21-13-.